The first-order valence-corrected chi connectivity index (χ1v) is 9.02. The first kappa shape index (κ1) is 19.2. The van der Waals surface area contributed by atoms with Gasteiger partial charge in [0.15, 0.2) is 0 Å². The highest BCUT2D eigenvalue weighted by Gasteiger charge is 2.03. The molecule has 0 bridgehead atoms. The largest absolute Gasteiger partial charge is 0.497 e. The number of nitrogens with one attached hydrogen (secondary N) is 2. The van der Waals surface area contributed by atoms with E-state index >= 15 is 0 Å². The van der Waals surface area contributed by atoms with E-state index in [-0.39, 0.29) is 12.5 Å². The van der Waals surface area contributed by atoms with Crippen molar-refractivity contribution in [2.45, 2.75) is 6.92 Å². The van der Waals surface area contributed by atoms with E-state index in [2.05, 4.69) is 40.1 Å². The quantitative estimate of drug-likeness (QED) is 0.479. The van der Waals surface area contributed by atoms with Crippen molar-refractivity contribution < 1.29 is 9.53 Å². The lowest BCUT2D eigenvalue weighted by Crippen LogP contribution is -2.26. The van der Waals surface area contributed by atoms with Crippen LogP contribution in [0.5, 0.6) is 5.75 Å². The molecule has 0 aliphatic carbocycles. The van der Waals surface area contributed by atoms with Crippen LogP contribution in [0.25, 0.3) is 11.1 Å². The summed E-state index contributed by atoms with van der Waals surface area (Å²) in [5.41, 5.74) is 7.44. The molecule has 0 unspecified atom stereocenters. The van der Waals surface area contributed by atoms with Crippen molar-refractivity contribution >= 4 is 17.3 Å². The van der Waals surface area contributed by atoms with Gasteiger partial charge in [-0.2, -0.15) is 5.10 Å². The van der Waals surface area contributed by atoms with Gasteiger partial charge in [-0.15, -0.1) is 0 Å². The fraction of sp³-hybridized carbons (Fsp3) is 0.130. The molecule has 0 fully saturated rings. The van der Waals surface area contributed by atoms with Crippen LogP contribution in [0.3, 0.4) is 0 Å². The maximum absolute atomic E-state index is 12.0. The fourth-order valence-corrected chi connectivity index (χ4v) is 2.68. The predicted octanol–water partition coefficient (Wildman–Crippen LogP) is 4.31. The normalized spacial score (nSPS) is 11.0. The molecule has 3 aromatic rings. The molecule has 0 aliphatic rings. The van der Waals surface area contributed by atoms with Gasteiger partial charge in [-0.1, -0.05) is 54.6 Å². The van der Waals surface area contributed by atoms with Crippen LogP contribution < -0.4 is 15.5 Å². The van der Waals surface area contributed by atoms with Crippen molar-refractivity contribution in [3.8, 4) is 16.9 Å². The van der Waals surface area contributed by atoms with Crippen LogP contribution in [-0.4, -0.2) is 25.3 Å². The molecule has 28 heavy (non-hydrogen) atoms. The van der Waals surface area contributed by atoms with Gasteiger partial charge < -0.3 is 10.1 Å². The third kappa shape index (κ3) is 5.20. The van der Waals surface area contributed by atoms with Gasteiger partial charge in [-0.25, -0.2) is 5.43 Å². The van der Waals surface area contributed by atoms with E-state index in [0.29, 0.717) is 0 Å². The van der Waals surface area contributed by atoms with E-state index in [9.17, 15) is 4.79 Å². The Hall–Kier alpha value is -3.60. The van der Waals surface area contributed by atoms with Crippen LogP contribution in [0, 0.1) is 0 Å². The van der Waals surface area contributed by atoms with Gasteiger partial charge in [0.25, 0.3) is 5.91 Å². The summed E-state index contributed by atoms with van der Waals surface area (Å²) in [6, 6.07) is 25.7. The zero-order valence-corrected chi connectivity index (χ0v) is 16.0. The van der Waals surface area contributed by atoms with Crippen molar-refractivity contribution in [3.63, 3.8) is 0 Å². The van der Waals surface area contributed by atoms with E-state index < -0.39 is 0 Å². The second kappa shape index (κ2) is 9.37. The van der Waals surface area contributed by atoms with Gasteiger partial charge in [-0.3, -0.25) is 4.79 Å². The SMILES string of the molecule is COc1ccc(NCC(=O)N/N=C(/C)c2ccc(-c3ccccc3)cc2)cc1. The Morgan fingerprint density at radius 1 is 0.893 bits per heavy atom. The number of amides is 1. The second-order valence-corrected chi connectivity index (χ2v) is 6.26. The number of carbonyl (C=O) groups is 1. The molecular weight excluding hydrogens is 350 g/mol. The molecule has 1 amide bonds. The first-order valence-electron chi connectivity index (χ1n) is 9.02. The highest BCUT2D eigenvalue weighted by molar-refractivity contribution is 5.99. The van der Waals surface area contributed by atoms with Gasteiger partial charge in [0.1, 0.15) is 5.75 Å². The lowest BCUT2D eigenvalue weighted by atomic mass is 10.0. The van der Waals surface area contributed by atoms with Crippen LogP contribution in [0.4, 0.5) is 5.69 Å². The summed E-state index contributed by atoms with van der Waals surface area (Å²) in [6.07, 6.45) is 0. The maximum atomic E-state index is 12.0. The number of rotatable bonds is 7. The predicted molar refractivity (Wildman–Crippen MR) is 114 cm³/mol. The van der Waals surface area contributed by atoms with E-state index in [4.69, 9.17) is 4.74 Å². The Morgan fingerprint density at radius 2 is 1.54 bits per heavy atom. The molecule has 0 heterocycles. The Balaban J connectivity index is 1.53. The highest BCUT2D eigenvalue weighted by Crippen LogP contribution is 2.19. The molecule has 0 aliphatic heterocycles. The summed E-state index contributed by atoms with van der Waals surface area (Å²) < 4.78 is 5.11. The Morgan fingerprint density at radius 3 is 2.18 bits per heavy atom. The number of nitrogens with zero attached hydrogens (tertiary/aromatic N) is 1. The van der Waals surface area contributed by atoms with Crippen LogP contribution in [0.15, 0.2) is 84.0 Å². The summed E-state index contributed by atoms with van der Waals surface area (Å²) in [5.74, 6) is 0.560. The van der Waals surface area contributed by atoms with E-state index in [1.807, 2.05) is 61.5 Å². The topological polar surface area (TPSA) is 62.7 Å². The Bertz CT molecular complexity index is 934. The second-order valence-electron chi connectivity index (χ2n) is 6.26. The average Bonchev–Trinajstić information content (AvgIpc) is 2.77. The van der Waals surface area contributed by atoms with Gasteiger partial charge in [0.05, 0.1) is 19.4 Å². The van der Waals surface area contributed by atoms with Crippen LogP contribution in [0.1, 0.15) is 12.5 Å². The number of anilines is 1. The number of hydrazone groups is 1. The van der Waals surface area contributed by atoms with E-state index in [1.54, 1.807) is 7.11 Å². The van der Waals surface area contributed by atoms with Crippen molar-refractivity contribution in [2.24, 2.45) is 5.10 Å². The fourth-order valence-electron chi connectivity index (χ4n) is 2.68. The zero-order chi connectivity index (χ0) is 19.8. The maximum Gasteiger partial charge on any atom is 0.259 e. The molecule has 2 N–H and O–H groups in total. The third-order valence-electron chi connectivity index (χ3n) is 4.30. The molecule has 0 saturated carbocycles. The molecule has 0 aromatic heterocycles. The van der Waals surface area contributed by atoms with Crippen molar-refractivity contribution in [2.75, 3.05) is 19.0 Å². The van der Waals surface area contributed by atoms with Gasteiger partial charge in [0.2, 0.25) is 0 Å². The van der Waals surface area contributed by atoms with Crippen molar-refractivity contribution in [1.29, 1.82) is 0 Å². The molecular formula is C23H23N3O2. The number of methoxy groups -OCH3 is 1. The van der Waals surface area contributed by atoms with Gasteiger partial charge in [0, 0.05) is 5.69 Å². The number of benzene rings is 3. The first-order chi connectivity index (χ1) is 13.7. The lowest BCUT2D eigenvalue weighted by molar-refractivity contribution is -0.119. The summed E-state index contributed by atoms with van der Waals surface area (Å²) in [6.45, 7) is 2.00. The molecule has 0 spiro atoms. The van der Waals surface area contributed by atoms with E-state index in [0.717, 1.165) is 28.3 Å². The van der Waals surface area contributed by atoms with Crippen LogP contribution in [-0.2, 0) is 4.79 Å². The molecule has 5 nitrogen and oxygen atoms in total. The van der Waals surface area contributed by atoms with E-state index in [1.165, 1.54) is 5.56 Å². The molecule has 0 saturated heterocycles. The summed E-state index contributed by atoms with van der Waals surface area (Å²) in [5, 5.41) is 7.24. The number of hydrogen-bond donors (Lipinski definition) is 2. The lowest BCUT2D eigenvalue weighted by Gasteiger charge is -2.07. The minimum Gasteiger partial charge on any atom is -0.497 e. The standard InChI is InChI=1S/C23H23N3O2/c1-17(18-8-10-20(11-9-18)19-6-4-3-5-7-19)25-26-23(27)16-24-21-12-14-22(28-2)15-13-21/h3-15,24H,16H2,1-2H3,(H,26,27)/b25-17-. The average molecular weight is 373 g/mol. The molecule has 0 radical (unpaired) electrons. The zero-order valence-electron chi connectivity index (χ0n) is 16.0. The summed E-state index contributed by atoms with van der Waals surface area (Å²) >= 11 is 0. The van der Waals surface area contributed by atoms with Gasteiger partial charge in [-0.05, 0) is 47.9 Å². The molecule has 142 valence electrons. The van der Waals surface area contributed by atoms with Crippen molar-refractivity contribution in [3.05, 3.63) is 84.4 Å². The molecule has 0 atom stereocenters. The summed E-state index contributed by atoms with van der Waals surface area (Å²) in [7, 11) is 1.62. The Labute approximate surface area is 165 Å². The minimum atomic E-state index is -0.212. The van der Waals surface area contributed by atoms with Gasteiger partial charge >= 0.3 is 0 Å². The third-order valence-corrected chi connectivity index (χ3v) is 4.30. The smallest absolute Gasteiger partial charge is 0.259 e. The molecule has 3 aromatic carbocycles. The molecule has 3 rings (SSSR count). The Kier molecular flexibility index (Phi) is 6.41. The van der Waals surface area contributed by atoms with Crippen LogP contribution in [0.2, 0.25) is 0 Å². The summed E-state index contributed by atoms with van der Waals surface area (Å²) in [4.78, 5) is 12.0. The number of carbonyl (C=O) groups excluding carboxylic acids is 1. The highest BCUT2D eigenvalue weighted by atomic mass is 16.5. The number of ether oxygens (including phenoxy) is 1. The molecule has 5 heteroatoms. The number of hydrogen-bond acceptors (Lipinski definition) is 4. The van der Waals surface area contributed by atoms with Crippen LogP contribution >= 0.6 is 0 Å². The minimum absolute atomic E-state index is 0.135. The monoisotopic (exact) mass is 373 g/mol. The van der Waals surface area contributed by atoms with Crippen molar-refractivity contribution in [1.82, 2.24) is 5.43 Å².